The molecular formula is C11H13FN2. The monoisotopic (exact) mass is 192 g/mol. The summed E-state index contributed by atoms with van der Waals surface area (Å²) in [5, 5.41) is 11.3. The highest BCUT2D eigenvalue weighted by atomic mass is 19.1. The zero-order chi connectivity index (χ0) is 10.4. The molecule has 0 saturated heterocycles. The number of halogens is 1. The van der Waals surface area contributed by atoms with Crippen LogP contribution in [0, 0.1) is 24.1 Å². The van der Waals surface area contributed by atoms with Gasteiger partial charge in [0.2, 0.25) is 0 Å². The molecule has 1 aromatic rings. The van der Waals surface area contributed by atoms with Gasteiger partial charge in [-0.2, -0.15) is 5.26 Å². The molecule has 0 atom stereocenters. The van der Waals surface area contributed by atoms with Crippen molar-refractivity contribution in [1.29, 1.82) is 5.26 Å². The minimum atomic E-state index is -0.194. The van der Waals surface area contributed by atoms with Gasteiger partial charge in [-0.1, -0.05) is 17.7 Å². The molecule has 2 nitrogen and oxygen atoms in total. The van der Waals surface area contributed by atoms with Crippen LogP contribution in [0.2, 0.25) is 0 Å². The van der Waals surface area contributed by atoms with Gasteiger partial charge >= 0.3 is 0 Å². The summed E-state index contributed by atoms with van der Waals surface area (Å²) in [4.78, 5) is 0. The van der Waals surface area contributed by atoms with Gasteiger partial charge in [0.1, 0.15) is 5.82 Å². The minimum absolute atomic E-state index is 0.194. The SMILES string of the molecule is Cc1ccc(F)c(CNCCC#N)c1. The van der Waals surface area contributed by atoms with Crippen LogP contribution in [0.3, 0.4) is 0 Å². The first-order chi connectivity index (χ1) is 6.74. The summed E-state index contributed by atoms with van der Waals surface area (Å²) in [7, 11) is 0. The maximum Gasteiger partial charge on any atom is 0.127 e. The third kappa shape index (κ3) is 3.15. The molecule has 1 N–H and O–H groups in total. The molecule has 0 aliphatic carbocycles. The molecule has 0 bridgehead atoms. The van der Waals surface area contributed by atoms with E-state index in [9.17, 15) is 4.39 Å². The van der Waals surface area contributed by atoms with Crippen LogP contribution in [0.15, 0.2) is 18.2 Å². The van der Waals surface area contributed by atoms with Gasteiger partial charge in [-0.3, -0.25) is 0 Å². The Kier molecular flexibility index (Phi) is 4.09. The van der Waals surface area contributed by atoms with Gasteiger partial charge in [0.05, 0.1) is 6.07 Å². The van der Waals surface area contributed by atoms with Crippen LogP contribution in [0.1, 0.15) is 17.5 Å². The number of rotatable bonds is 4. The smallest absolute Gasteiger partial charge is 0.127 e. The standard InChI is InChI=1S/C11H13FN2/c1-9-3-4-11(12)10(7-9)8-14-6-2-5-13/h3-4,7,14H,2,6,8H2,1H3. The molecule has 0 aromatic heterocycles. The van der Waals surface area contributed by atoms with Crippen molar-refractivity contribution in [2.24, 2.45) is 0 Å². The van der Waals surface area contributed by atoms with Gasteiger partial charge in [-0.15, -0.1) is 0 Å². The Balaban J connectivity index is 2.50. The van der Waals surface area contributed by atoms with E-state index in [1.807, 2.05) is 19.1 Å². The molecule has 0 fully saturated rings. The molecule has 0 radical (unpaired) electrons. The minimum Gasteiger partial charge on any atom is -0.312 e. The summed E-state index contributed by atoms with van der Waals surface area (Å²) in [5.41, 5.74) is 1.70. The van der Waals surface area contributed by atoms with Gasteiger partial charge in [0.25, 0.3) is 0 Å². The van der Waals surface area contributed by atoms with E-state index in [1.54, 1.807) is 6.07 Å². The van der Waals surface area contributed by atoms with Crippen LogP contribution >= 0.6 is 0 Å². The lowest BCUT2D eigenvalue weighted by Gasteiger charge is -2.04. The summed E-state index contributed by atoms with van der Waals surface area (Å²) in [6.07, 6.45) is 0.452. The molecule has 0 spiro atoms. The Morgan fingerprint density at radius 3 is 3.00 bits per heavy atom. The Labute approximate surface area is 83.4 Å². The Hall–Kier alpha value is -1.40. The van der Waals surface area contributed by atoms with E-state index in [0.717, 1.165) is 5.56 Å². The number of nitrogens with zero attached hydrogens (tertiary/aromatic N) is 1. The van der Waals surface area contributed by atoms with Crippen LogP contribution < -0.4 is 5.32 Å². The number of benzene rings is 1. The van der Waals surface area contributed by atoms with Gasteiger partial charge in [-0.05, 0) is 13.0 Å². The fourth-order valence-corrected chi connectivity index (χ4v) is 1.21. The van der Waals surface area contributed by atoms with Crippen LogP contribution in [0.4, 0.5) is 4.39 Å². The van der Waals surface area contributed by atoms with Crippen LogP contribution in [-0.4, -0.2) is 6.54 Å². The number of nitriles is 1. The van der Waals surface area contributed by atoms with Crippen LogP contribution in [0.25, 0.3) is 0 Å². The zero-order valence-electron chi connectivity index (χ0n) is 8.18. The molecule has 0 aliphatic heterocycles. The molecule has 1 rings (SSSR count). The Bertz CT molecular complexity index is 342. The third-order valence-corrected chi connectivity index (χ3v) is 1.93. The highest BCUT2D eigenvalue weighted by molar-refractivity contribution is 5.23. The van der Waals surface area contributed by atoms with Crippen molar-refractivity contribution >= 4 is 0 Å². The van der Waals surface area contributed by atoms with Gasteiger partial charge in [0, 0.05) is 25.1 Å². The van der Waals surface area contributed by atoms with Crippen molar-refractivity contribution in [3.63, 3.8) is 0 Å². The summed E-state index contributed by atoms with van der Waals surface area (Å²) in [5.74, 6) is -0.194. The number of aryl methyl sites for hydroxylation is 1. The van der Waals surface area contributed by atoms with E-state index < -0.39 is 0 Å². The topological polar surface area (TPSA) is 35.8 Å². The summed E-state index contributed by atoms with van der Waals surface area (Å²) in [6.45, 7) is 3.01. The van der Waals surface area contributed by atoms with E-state index in [1.165, 1.54) is 6.07 Å². The molecule has 14 heavy (non-hydrogen) atoms. The van der Waals surface area contributed by atoms with Crippen LogP contribution in [0.5, 0.6) is 0 Å². The first-order valence-corrected chi connectivity index (χ1v) is 4.56. The maximum atomic E-state index is 13.2. The first kappa shape index (κ1) is 10.7. The molecular weight excluding hydrogens is 179 g/mol. The lowest BCUT2D eigenvalue weighted by molar-refractivity contribution is 0.589. The zero-order valence-corrected chi connectivity index (χ0v) is 8.18. The predicted octanol–water partition coefficient (Wildman–Crippen LogP) is 2.14. The molecule has 0 unspecified atom stereocenters. The quantitative estimate of drug-likeness (QED) is 0.742. The molecule has 3 heteroatoms. The Morgan fingerprint density at radius 2 is 2.29 bits per heavy atom. The fraction of sp³-hybridized carbons (Fsp3) is 0.364. The van der Waals surface area contributed by atoms with E-state index in [2.05, 4.69) is 5.32 Å². The maximum absolute atomic E-state index is 13.2. The van der Waals surface area contributed by atoms with Crippen molar-refractivity contribution in [2.45, 2.75) is 19.9 Å². The fourth-order valence-electron chi connectivity index (χ4n) is 1.21. The highest BCUT2D eigenvalue weighted by Crippen LogP contribution is 2.09. The van der Waals surface area contributed by atoms with E-state index in [0.29, 0.717) is 25.1 Å². The second kappa shape index (κ2) is 5.36. The van der Waals surface area contributed by atoms with Crippen molar-refractivity contribution in [1.82, 2.24) is 5.32 Å². The number of hydrogen-bond donors (Lipinski definition) is 1. The van der Waals surface area contributed by atoms with Gasteiger partial charge in [-0.25, -0.2) is 4.39 Å². The summed E-state index contributed by atoms with van der Waals surface area (Å²) >= 11 is 0. The van der Waals surface area contributed by atoms with Gasteiger partial charge in [0.15, 0.2) is 0 Å². The molecule has 1 aromatic carbocycles. The number of hydrogen-bond acceptors (Lipinski definition) is 2. The lowest BCUT2D eigenvalue weighted by Crippen LogP contribution is -2.15. The first-order valence-electron chi connectivity index (χ1n) is 4.56. The van der Waals surface area contributed by atoms with E-state index in [-0.39, 0.29) is 5.82 Å². The average Bonchev–Trinajstić information content (AvgIpc) is 2.18. The average molecular weight is 192 g/mol. The van der Waals surface area contributed by atoms with E-state index in [4.69, 9.17) is 5.26 Å². The molecule has 0 aliphatic rings. The second-order valence-corrected chi connectivity index (χ2v) is 3.18. The second-order valence-electron chi connectivity index (χ2n) is 3.18. The molecule has 0 saturated carbocycles. The van der Waals surface area contributed by atoms with Crippen LogP contribution in [-0.2, 0) is 6.54 Å². The highest BCUT2D eigenvalue weighted by Gasteiger charge is 2.00. The largest absolute Gasteiger partial charge is 0.312 e. The predicted molar refractivity (Wildman–Crippen MR) is 53.1 cm³/mol. The summed E-state index contributed by atoms with van der Waals surface area (Å²) < 4.78 is 13.2. The van der Waals surface area contributed by atoms with Crippen molar-refractivity contribution in [2.75, 3.05) is 6.54 Å². The van der Waals surface area contributed by atoms with E-state index >= 15 is 0 Å². The van der Waals surface area contributed by atoms with Crippen molar-refractivity contribution in [3.8, 4) is 6.07 Å². The summed E-state index contributed by atoms with van der Waals surface area (Å²) in [6, 6.07) is 7.05. The third-order valence-electron chi connectivity index (χ3n) is 1.93. The Morgan fingerprint density at radius 1 is 1.50 bits per heavy atom. The van der Waals surface area contributed by atoms with Crippen molar-refractivity contribution < 1.29 is 4.39 Å². The van der Waals surface area contributed by atoms with Gasteiger partial charge < -0.3 is 5.32 Å². The van der Waals surface area contributed by atoms with Crippen molar-refractivity contribution in [3.05, 3.63) is 35.1 Å². The normalized spacial score (nSPS) is 9.79. The lowest BCUT2D eigenvalue weighted by atomic mass is 10.1. The number of nitrogens with one attached hydrogen (secondary N) is 1. The molecule has 0 heterocycles. The molecule has 0 amide bonds. The molecule has 74 valence electrons.